The lowest BCUT2D eigenvalue weighted by Crippen LogP contribution is -2.13. The molecule has 88 valence electrons. The van der Waals surface area contributed by atoms with Crippen molar-refractivity contribution in [2.45, 2.75) is 0 Å². The molecule has 0 aliphatic carbocycles. The third-order valence-corrected chi connectivity index (χ3v) is 2.21. The highest BCUT2D eigenvalue weighted by atomic mass is 32.1. The summed E-state index contributed by atoms with van der Waals surface area (Å²) in [6.45, 7) is 0. The van der Waals surface area contributed by atoms with E-state index >= 15 is 0 Å². The van der Waals surface area contributed by atoms with Gasteiger partial charge in [0, 0.05) is 7.05 Å². The van der Waals surface area contributed by atoms with Gasteiger partial charge in [-0.1, -0.05) is 18.3 Å². The van der Waals surface area contributed by atoms with E-state index < -0.39 is 5.82 Å². The summed E-state index contributed by atoms with van der Waals surface area (Å²) in [6, 6.07) is 4.41. The van der Waals surface area contributed by atoms with E-state index in [9.17, 15) is 4.39 Å². The average Bonchev–Trinajstić information content (AvgIpc) is 2.63. The molecule has 17 heavy (non-hydrogen) atoms. The Hall–Kier alpha value is -2.02. The van der Waals surface area contributed by atoms with Gasteiger partial charge in [-0.05, 0) is 12.1 Å². The summed E-state index contributed by atoms with van der Waals surface area (Å²) >= 11 is 4.77. The smallest absolute Gasteiger partial charge is 0.341 e. The molecule has 0 saturated carbocycles. The summed E-state index contributed by atoms with van der Waals surface area (Å²) in [5, 5.41) is 3.91. The van der Waals surface area contributed by atoms with Gasteiger partial charge in [-0.2, -0.15) is 4.98 Å². The van der Waals surface area contributed by atoms with Crippen LogP contribution in [0.5, 0.6) is 11.8 Å². The van der Waals surface area contributed by atoms with E-state index in [2.05, 4.69) is 10.1 Å². The number of aryl methyl sites for hydroxylation is 1. The molecule has 0 unspecified atom stereocenters. The molecule has 0 saturated heterocycles. The number of rotatable bonds is 3. The first-order valence-electron chi connectivity index (χ1n) is 4.69. The maximum absolute atomic E-state index is 13.5. The van der Waals surface area contributed by atoms with Crippen molar-refractivity contribution in [2.24, 2.45) is 12.8 Å². The highest BCUT2D eigenvalue weighted by molar-refractivity contribution is 7.80. The second kappa shape index (κ2) is 4.46. The molecule has 0 spiro atoms. The van der Waals surface area contributed by atoms with Crippen molar-refractivity contribution in [1.29, 1.82) is 0 Å². The van der Waals surface area contributed by atoms with E-state index in [4.69, 9.17) is 22.7 Å². The number of halogens is 1. The predicted molar refractivity (Wildman–Crippen MR) is 63.4 cm³/mol. The van der Waals surface area contributed by atoms with Crippen LogP contribution in [0.3, 0.4) is 0 Å². The minimum Gasteiger partial charge on any atom is -0.422 e. The van der Waals surface area contributed by atoms with Crippen molar-refractivity contribution in [3.8, 4) is 11.8 Å². The summed E-state index contributed by atoms with van der Waals surface area (Å²) in [5.74, 6) is -0.338. The van der Waals surface area contributed by atoms with Crippen LogP contribution in [0.1, 0.15) is 5.56 Å². The van der Waals surface area contributed by atoms with E-state index in [1.807, 2.05) is 0 Å². The summed E-state index contributed by atoms with van der Waals surface area (Å²) in [5.41, 5.74) is 5.49. The Balaban J connectivity index is 2.39. The standard InChI is InChI=1S/C10H9FN4OS/c1-15-5-13-10(14-15)16-7-4-2-3-6(11)8(7)9(12)17/h2-5H,1H3,(H2,12,17). The molecule has 1 aromatic carbocycles. The van der Waals surface area contributed by atoms with E-state index in [1.165, 1.54) is 23.1 Å². The molecule has 0 atom stereocenters. The third kappa shape index (κ3) is 2.39. The minimum atomic E-state index is -0.536. The van der Waals surface area contributed by atoms with Crippen molar-refractivity contribution >= 4 is 17.2 Å². The largest absolute Gasteiger partial charge is 0.422 e. The molecule has 2 rings (SSSR count). The summed E-state index contributed by atoms with van der Waals surface area (Å²) in [6.07, 6.45) is 1.47. The Morgan fingerprint density at radius 3 is 2.88 bits per heavy atom. The maximum atomic E-state index is 13.5. The molecule has 0 aliphatic rings. The van der Waals surface area contributed by atoms with Gasteiger partial charge in [-0.3, -0.25) is 4.68 Å². The van der Waals surface area contributed by atoms with Gasteiger partial charge in [0.15, 0.2) is 0 Å². The quantitative estimate of drug-likeness (QED) is 0.836. The van der Waals surface area contributed by atoms with Crippen molar-refractivity contribution in [2.75, 3.05) is 0 Å². The predicted octanol–water partition coefficient (Wildman–Crippen LogP) is 1.38. The molecule has 7 heteroatoms. The van der Waals surface area contributed by atoms with Gasteiger partial charge in [0.05, 0.1) is 5.56 Å². The molecular weight excluding hydrogens is 243 g/mol. The van der Waals surface area contributed by atoms with Crippen LogP contribution in [-0.4, -0.2) is 19.8 Å². The van der Waals surface area contributed by atoms with Gasteiger partial charge in [0.25, 0.3) is 0 Å². The minimum absolute atomic E-state index is 0.0509. The number of aromatic nitrogens is 3. The molecule has 0 aliphatic heterocycles. The monoisotopic (exact) mass is 252 g/mol. The molecule has 5 nitrogen and oxygen atoms in total. The second-order valence-electron chi connectivity index (χ2n) is 3.28. The van der Waals surface area contributed by atoms with Crippen LogP contribution >= 0.6 is 12.2 Å². The molecule has 0 amide bonds. The van der Waals surface area contributed by atoms with Crippen LogP contribution in [0, 0.1) is 5.82 Å². The fourth-order valence-electron chi connectivity index (χ4n) is 1.29. The fourth-order valence-corrected chi connectivity index (χ4v) is 1.49. The first-order valence-corrected chi connectivity index (χ1v) is 5.10. The Morgan fingerprint density at radius 1 is 1.53 bits per heavy atom. The van der Waals surface area contributed by atoms with E-state index in [0.29, 0.717) is 0 Å². The molecule has 2 aromatic rings. The van der Waals surface area contributed by atoms with Crippen LogP contribution in [0.25, 0.3) is 0 Å². The van der Waals surface area contributed by atoms with Gasteiger partial charge in [0.2, 0.25) is 0 Å². The first kappa shape index (κ1) is 11.5. The molecule has 1 aromatic heterocycles. The van der Waals surface area contributed by atoms with E-state index in [0.717, 1.165) is 0 Å². The van der Waals surface area contributed by atoms with Gasteiger partial charge >= 0.3 is 6.01 Å². The Morgan fingerprint density at radius 2 is 2.29 bits per heavy atom. The van der Waals surface area contributed by atoms with Crippen LogP contribution in [0.15, 0.2) is 24.5 Å². The first-order chi connectivity index (χ1) is 8.08. The van der Waals surface area contributed by atoms with Crippen molar-refractivity contribution < 1.29 is 9.13 Å². The SMILES string of the molecule is Cn1cnc(Oc2cccc(F)c2C(N)=S)n1. The van der Waals surface area contributed by atoms with Gasteiger partial charge in [-0.25, -0.2) is 4.39 Å². The zero-order valence-corrected chi connectivity index (χ0v) is 9.74. The number of thiocarbonyl (C=S) groups is 1. The summed E-state index contributed by atoms with van der Waals surface area (Å²) in [7, 11) is 1.69. The average molecular weight is 252 g/mol. The number of benzene rings is 1. The molecule has 1 heterocycles. The second-order valence-corrected chi connectivity index (χ2v) is 3.72. The van der Waals surface area contributed by atoms with Crippen molar-refractivity contribution in [3.63, 3.8) is 0 Å². The summed E-state index contributed by atoms with van der Waals surface area (Å²) in [4.78, 5) is 3.79. The van der Waals surface area contributed by atoms with E-state index in [-0.39, 0.29) is 22.3 Å². The Bertz CT molecular complexity index is 569. The fraction of sp³-hybridized carbons (Fsp3) is 0.100. The number of hydrogen-bond donors (Lipinski definition) is 1. The Kier molecular flexibility index (Phi) is 3.01. The third-order valence-electron chi connectivity index (χ3n) is 2.00. The number of nitrogens with two attached hydrogens (primary N) is 1. The maximum Gasteiger partial charge on any atom is 0.341 e. The topological polar surface area (TPSA) is 66.0 Å². The van der Waals surface area contributed by atoms with Crippen molar-refractivity contribution in [3.05, 3.63) is 35.9 Å². The number of hydrogen-bond acceptors (Lipinski definition) is 4. The normalized spacial score (nSPS) is 10.2. The summed E-state index contributed by atoms with van der Waals surface area (Å²) < 4.78 is 20.3. The van der Waals surface area contributed by atoms with Crippen molar-refractivity contribution in [1.82, 2.24) is 14.8 Å². The highest BCUT2D eigenvalue weighted by Crippen LogP contribution is 2.24. The Labute approximate surface area is 102 Å². The number of nitrogens with zero attached hydrogens (tertiary/aromatic N) is 3. The van der Waals surface area contributed by atoms with Gasteiger partial charge in [-0.15, -0.1) is 5.10 Å². The van der Waals surface area contributed by atoms with Crippen LogP contribution in [-0.2, 0) is 7.05 Å². The lowest BCUT2D eigenvalue weighted by molar-refractivity contribution is 0.434. The zero-order valence-electron chi connectivity index (χ0n) is 8.92. The van der Waals surface area contributed by atoms with E-state index in [1.54, 1.807) is 13.1 Å². The van der Waals surface area contributed by atoms with Gasteiger partial charge in [0.1, 0.15) is 22.9 Å². The molecular formula is C10H9FN4OS. The lowest BCUT2D eigenvalue weighted by atomic mass is 10.2. The van der Waals surface area contributed by atoms with Crippen LogP contribution in [0.4, 0.5) is 4.39 Å². The highest BCUT2D eigenvalue weighted by Gasteiger charge is 2.14. The molecule has 2 N–H and O–H groups in total. The zero-order chi connectivity index (χ0) is 12.4. The molecule has 0 bridgehead atoms. The van der Waals surface area contributed by atoms with Gasteiger partial charge < -0.3 is 10.5 Å². The van der Waals surface area contributed by atoms with Crippen LogP contribution in [0.2, 0.25) is 0 Å². The lowest BCUT2D eigenvalue weighted by Gasteiger charge is -2.07. The molecule has 0 fully saturated rings. The van der Waals surface area contributed by atoms with Crippen LogP contribution < -0.4 is 10.5 Å². The molecule has 0 radical (unpaired) electrons. The number of ether oxygens (including phenoxy) is 1.